The zero-order valence-corrected chi connectivity index (χ0v) is 14.1. The summed E-state index contributed by atoms with van der Waals surface area (Å²) in [7, 11) is 0. The second-order valence-corrected chi connectivity index (χ2v) is 6.40. The molecule has 1 unspecified atom stereocenters. The van der Waals surface area contributed by atoms with Crippen molar-refractivity contribution in [2.75, 3.05) is 5.73 Å². The van der Waals surface area contributed by atoms with Gasteiger partial charge in [-0.2, -0.15) is 5.10 Å². The summed E-state index contributed by atoms with van der Waals surface area (Å²) in [6, 6.07) is 3.54. The van der Waals surface area contributed by atoms with Crippen LogP contribution in [0.5, 0.6) is 0 Å². The number of nitrogen functional groups attached to an aromatic ring is 1. The van der Waals surface area contributed by atoms with Crippen LogP contribution >= 0.6 is 0 Å². The van der Waals surface area contributed by atoms with E-state index in [1.54, 1.807) is 0 Å². The summed E-state index contributed by atoms with van der Waals surface area (Å²) >= 11 is 0. The zero-order valence-electron chi connectivity index (χ0n) is 14.1. The van der Waals surface area contributed by atoms with E-state index < -0.39 is 10.8 Å². The summed E-state index contributed by atoms with van der Waals surface area (Å²) in [5.74, 6) is 1.20. The number of hydrogen-bond acceptors (Lipinski definition) is 6. The molecule has 1 atom stereocenters. The van der Waals surface area contributed by atoms with Gasteiger partial charge in [-0.1, -0.05) is 13.8 Å². The van der Waals surface area contributed by atoms with E-state index >= 15 is 0 Å². The number of nitrogens with zero attached hydrogens (tertiary/aromatic N) is 4. The van der Waals surface area contributed by atoms with E-state index in [1.807, 2.05) is 18.5 Å². The third kappa shape index (κ3) is 3.30. The lowest BCUT2D eigenvalue weighted by atomic mass is 10.1. The first-order chi connectivity index (χ1) is 11.9. The van der Waals surface area contributed by atoms with Crippen LogP contribution in [0.3, 0.4) is 0 Å². The number of hydrogen-bond donors (Lipinski definition) is 2. The normalized spacial score (nSPS) is 16.5. The molecule has 2 aromatic rings. The smallest absolute Gasteiger partial charge is 0.270 e. The third-order valence-electron chi connectivity index (χ3n) is 4.21. The van der Waals surface area contributed by atoms with Gasteiger partial charge < -0.3 is 11.1 Å². The number of amides is 1. The minimum Gasteiger partial charge on any atom is -0.398 e. The van der Waals surface area contributed by atoms with E-state index in [2.05, 4.69) is 15.4 Å². The maximum absolute atomic E-state index is 12.6. The minimum absolute atomic E-state index is 0.0925. The number of anilines is 1. The lowest BCUT2D eigenvalue weighted by Crippen LogP contribution is -2.33. The van der Waals surface area contributed by atoms with Crippen molar-refractivity contribution in [3.8, 4) is 0 Å². The summed E-state index contributed by atoms with van der Waals surface area (Å²) in [4.78, 5) is 27.5. The molecule has 0 spiro atoms. The highest BCUT2D eigenvalue weighted by atomic mass is 16.6. The van der Waals surface area contributed by atoms with Crippen LogP contribution in [0.25, 0.3) is 0 Å². The van der Waals surface area contributed by atoms with Gasteiger partial charge in [0, 0.05) is 30.3 Å². The number of nitrogens with one attached hydrogen (secondary N) is 1. The van der Waals surface area contributed by atoms with Crippen LogP contribution in [0.4, 0.5) is 11.4 Å². The number of fused-ring (bicyclic) bond motifs is 1. The fourth-order valence-electron chi connectivity index (χ4n) is 2.84. The number of aryl methyl sites for hydroxylation is 1. The number of non-ortho nitro benzene ring substituents is 1. The van der Waals surface area contributed by atoms with Gasteiger partial charge in [-0.3, -0.25) is 14.9 Å². The van der Waals surface area contributed by atoms with Crippen LogP contribution in [-0.4, -0.2) is 25.6 Å². The third-order valence-corrected chi connectivity index (χ3v) is 4.21. The van der Waals surface area contributed by atoms with Gasteiger partial charge in [-0.15, -0.1) is 0 Å². The van der Waals surface area contributed by atoms with E-state index in [9.17, 15) is 14.9 Å². The molecule has 0 radical (unpaired) electrons. The molecule has 0 saturated heterocycles. The number of aromatic nitrogens is 3. The molecule has 1 aliphatic heterocycles. The average Bonchev–Trinajstić information content (AvgIpc) is 3.00. The van der Waals surface area contributed by atoms with Gasteiger partial charge in [-0.25, -0.2) is 9.67 Å². The molecular formula is C16H20N6O3. The van der Waals surface area contributed by atoms with E-state index in [0.29, 0.717) is 5.82 Å². The number of carbonyl (C=O) groups is 1. The van der Waals surface area contributed by atoms with Crippen molar-refractivity contribution >= 4 is 17.3 Å². The first-order valence-corrected chi connectivity index (χ1v) is 8.16. The fourth-order valence-corrected chi connectivity index (χ4v) is 2.84. The molecule has 9 nitrogen and oxygen atoms in total. The van der Waals surface area contributed by atoms with Gasteiger partial charge in [0.2, 0.25) is 0 Å². The van der Waals surface area contributed by atoms with Gasteiger partial charge in [0.25, 0.3) is 11.6 Å². The fraction of sp³-hybridized carbons (Fsp3) is 0.438. The summed E-state index contributed by atoms with van der Waals surface area (Å²) < 4.78 is 1.82. The number of rotatable bonds is 4. The SMILES string of the molecule is CC(C)c1nc2n(n1)CCCC2NC(=O)c1cc([N+](=O)[O-])ccc1N. The van der Waals surface area contributed by atoms with E-state index in [4.69, 9.17) is 5.73 Å². The van der Waals surface area contributed by atoms with Gasteiger partial charge in [-0.05, 0) is 18.9 Å². The highest BCUT2D eigenvalue weighted by Gasteiger charge is 2.27. The number of benzene rings is 1. The standard InChI is InChI=1S/C16H20N6O3/c1-9(2)14-19-15-13(4-3-7-21(15)20-14)18-16(23)11-8-10(22(24)25)5-6-12(11)17/h5-6,8-9,13H,3-4,7,17H2,1-2H3,(H,18,23). The van der Waals surface area contributed by atoms with Crippen molar-refractivity contribution in [3.05, 3.63) is 45.5 Å². The summed E-state index contributed by atoms with van der Waals surface area (Å²) in [5.41, 5.74) is 5.93. The van der Waals surface area contributed by atoms with Crippen molar-refractivity contribution in [3.63, 3.8) is 0 Å². The predicted molar refractivity (Wildman–Crippen MR) is 91.1 cm³/mol. The van der Waals surface area contributed by atoms with Crippen molar-refractivity contribution in [1.29, 1.82) is 0 Å². The number of carbonyl (C=O) groups excluding carboxylic acids is 1. The zero-order chi connectivity index (χ0) is 18.1. The molecule has 1 aromatic carbocycles. The Kier molecular flexibility index (Phi) is 4.39. The Bertz CT molecular complexity index is 829. The second kappa shape index (κ2) is 6.50. The lowest BCUT2D eigenvalue weighted by Gasteiger charge is -2.23. The topological polar surface area (TPSA) is 129 Å². The van der Waals surface area contributed by atoms with Gasteiger partial charge in [0.1, 0.15) is 5.82 Å². The number of nitro benzene ring substituents is 1. The van der Waals surface area contributed by atoms with Crippen LogP contribution < -0.4 is 11.1 Å². The molecule has 0 fully saturated rings. The molecule has 1 aliphatic rings. The quantitative estimate of drug-likeness (QED) is 0.497. The molecular weight excluding hydrogens is 324 g/mol. The van der Waals surface area contributed by atoms with Crippen molar-refractivity contribution in [2.45, 2.75) is 45.2 Å². The molecule has 3 rings (SSSR count). The predicted octanol–water partition coefficient (Wildman–Crippen LogP) is 2.16. The largest absolute Gasteiger partial charge is 0.398 e. The van der Waals surface area contributed by atoms with Gasteiger partial charge in [0.05, 0.1) is 16.5 Å². The van der Waals surface area contributed by atoms with Crippen LogP contribution in [-0.2, 0) is 6.54 Å². The molecule has 9 heteroatoms. The summed E-state index contributed by atoms with van der Waals surface area (Å²) in [6.07, 6.45) is 1.60. The molecule has 25 heavy (non-hydrogen) atoms. The molecule has 1 amide bonds. The highest BCUT2D eigenvalue weighted by Crippen LogP contribution is 2.26. The Labute approximate surface area is 144 Å². The van der Waals surface area contributed by atoms with Crippen LogP contribution in [0.1, 0.15) is 60.7 Å². The maximum atomic E-state index is 12.6. The van der Waals surface area contributed by atoms with Crippen molar-refractivity contribution < 1.29 is 9.72 Å². The van der Waals surface area contributed by atoms with Crippen molar-refractivity contribution in [1.82, 2.24) is 20.1 Å². The molecule has 0 aliphatic carbocycles. The Morgan fingerprint density at radius 1 is 1.48 bits per heavy atom. The van der Waals surface area contributed by atoms with Gasteiger partial charge in [0.15, 0.2) is 5.82 Å². The van der Waals surface area contributed by atoms with Gasteiger partial charge >= 0.3 is 0 Å². The van der Waals surface area contributed by atoms with Crippen LogP contribution in [0, 0.1) is 10.1 Å². The maximum Gasteiger partial charge on any atom is 0.270 e. The summed E-state index contributed by atoms with van der Waals surface area (Å²) in [5, 5.41) is 18.3. The van der Waals surface area contributed by atoms with E-state index in [-0.39, 0.29) is 28.9 Å². The minimum atomic E-state index is -0.553. The number of nitro groups is 1. The van der Waals surface area contributed by atoms with E-state index in [1.165, 1.54) is 18.2 Å². The second-order valence-electron chi connectivity index (χ2n) is 6.40. The monoisotopic (exact) mass is 344 g/mol. The molecule has 1 aromatic heterocycles. The summed E-state index contributed by atoms with van der Waals surface area (Å²) in [6.45, 7) is 4.79. The first kappa shape index (κ1) is 16.9. The highest BCUT2D eigenvalue weighted by molar-refractivity contribution is 6.00. The Morgan fingerprint density at radius 3 is 2.92 bits per heavy atom. The van der Waals surface area contributed by atoms with Crippen molar-refractivity contribution in [2.24, 2.45) is 0 Å². The Hall–Kier alpha value is -2.97. The lowest BCUT2D eigenvalue weighted by molar-refractivity contribution is -0.384. The number of nitrogens with two attached hydrogens (primary N) is 1. The molecule has 2 heterocycles. The average molecular weight is 344 g/mol. The van der Waals surface area contributed by atoms with Crippen LogP contribution in [0.15, 0.2) is 18.2 Å². The molecule has 3 N–H and O–H groups in total. The first-order valence-electron chi connectivity index (χ1n) is 8.16. The van der Waals surface area contributed by atoms with E-state index in [0.717, 1.165) is 25.2 Å². The molecule has 0 saturated carbocycles. The Morgan fingerprint density at radius 2 is 2.24 bits per heavy atom. The molecule has 132 valence electrons. The Balaban J connectivity index is 1.85. The van der Waals surface area contributed by atoms with Crippen LogP contribution in [0.2, 0.25) is 0 Å². The molecule has 0 bridgehead atoms.